The molecule has 4 rings (SSSR count). The lowest BCUT2D eigenvalue weighted by Gasteiger charge is -2.14. The molecular weight excluding hydrogens is 504 g/mol. The monoisotopic (exact) mass is 523 g/mol. The van der Waals surface area contributed by atoms with E-state index in [4.69, 9.17) is 0 Å². The number of amides is 1. The quantitative estimate of drug-likeness (QED) is 0.380. The summed E-state index contributed by atoms with van der Waals surface area (Å²) in [5.74, 6) is -1.12. The number of aryl methyl sites for hydroxylation is 1. The zero-order chi connectivity index (χ0) is 27.0. The Morgan fingerprint density at radius 3 is 2.19 bits per heavy atom. The van der Waals surface area contributed by atoms with Crippen molar-refractivity contribution >= 4 is 16.9 Å². The Labute approximate surface area is 205 Å². The van der Waals surface area contributed by atoms with Crippen molar-refractivity contribution in [3.8, 4) is 0 Å². The molecule has 4 aromatic rings. The number of hydrogen-bond acceptors (Lipinski definition) is 4. The molecule has 13 heteroatoms. The Morgan fingerprint density at radius 2 is 1.59 bits per heavy atom. The first kappa shape index (κ1) is 25.9. The Bertz CT molecular complexity index is 1470. The third-order valence-corrected chi connectivity index (χ3v) is 5.55. The minimum Gasteiger partial charge on any atom is -0.350 e. The number of hydrogen-bond donors (Lipinski definition) is 1. The molecule has 1 amide bonds. The topological polar surface area (TPSA) is 81.8 Å². The van der Waals surface area contributed by atoms with Crippen LogP contribution in [0.1, 0.15) is 32.6 Å². The van der Waals surface area contributed by atoms with Gasteiger partial charge in [0, 0.05) is 12.1 Å². The van der Waals surface area contributed by atoms with E-state index in [1.165, 1.54) is 21.8 Å². The summed E-state index contributed by atoms with van der Waals surface area (Å²) in [6.45, 7) is 2.01. The van der Waals surface area contributed by atoms with Crippen LogP contribution in [0.2, 0.25) is 0 Å². The number of carbonyl (C=O) groups is 1. The number of fused-ring (bicyclic) bond motifs is 1. The van der Waals surface area contributed by atoms with Gasteiger partial charge in [0.05, 0.1) is 30.4 Å². The second kappa shape index (κ2) is 9.71. The molecular formula is C24H19F6N5O2. The molecule has 0 aliphatic rings. The van der Waals surface area contributed by atoms with Crippen molar-refractivity contribution in [2.75, 3.05) is 6.54 Å². The molecule has 0 atom stereocenters. The van der Waals surface area contributed by atoms with Gasteiger partial charge >= 0.3 is 12.4 Å². The summed E-state index contributed by atoms with van der Waals surface area (Å²) >= 11 is 0. The van der Waals surface area contributed by atoms with E-state index in [0.717, 1.165) is 11.1 Å². The second-order valence-electron chi connectivity index (χ2n) is 8.32. The summed E-state index contributed by atoms with van der Waals surface area (Å²) in [5, 5.41) is 6.56. The molecule has 37 heavy (non-hydrogen) atoms. The molecule has 0 spiro atoms. The molecule has 0 saturated carbocycles. The molecule has 0 radical (unpaired) electrons. The molecule has 0 aliphatic carbocycles. The van der Waals surface area contributed by atoms with Crippen molar-refractivity contribution in [1.29, 1.82) is 0 Å². The predicted octanol–water partition coefficient (Wildman–Crippen LogP) is 4.42. The standard InChI is InChI=1S/C24H19F6N5O2/c1-14-2-4-15(5-3-14)12-34-13-32-20-19(22(34)37)11-33-35(20)7-6-31-21(36)16-8-17(23(25,26)27)10-18(9-16)24(28,29)30/h2-5,8-11,13H,6-7,12H2,1H3,(H,31,36). The summed E-state index contributed by atoms with van der Waals surface area (Å²) in [5.41, 5.74) is -2.11. The molecule has 0 unspecified atom stereocenters. The summed E-state index contributed by atoms with van der Waals surface area (Å²) in [4.78, 5) is 29.4. The first-order valence-corrected chi connectivity index (χ1v) is 10.9. The van der Waals surface area contributed by atoms with E-state index in [0.29, 0.717) is 18.7 Å². The van der Waals surface area contributed by atoms with Gasteiger partial charge < -0.3 is 5.32 Å². The zero-order valence-electron chi connectivity index (χ0n) is 19.2. The van der Waals surface area contributed by atoms with Crippen LogP contribution in [0, 0.1) is 6.92 Å². The van der Waals surface area contributed by atoms with Crippen LogP contribution in [0.25, 0.3) is 11.0 Å². The van der Waals surface area contributed by atoms with Crippen LogP contribution in [0.3, 0.4) is 0 Å². The maximum Gasteiger partial charge on any atom is 0.416 e. The Morgan fingerprint density at radius 1 is 0.973 bits per heavy atom. The smallest absolute Gasteiger partial charge is 0.350 e. The second-order valence-corrected chi connectivity index (χ2v) is 8.32. The van der Waals surface area contributed by atoms with Crippen LogP contribution >= 0.6 is 0 Å². The van der Waals surface area contributed by atoms with Crippen molar-refractivity contribution in [3.05, 3.63) is 93.2 Å². The van der Waals surface area contributed by atoms with E-state index < -0.39 is 35.0 Å². The molecule has 2 aromatic heterocycles. The van der Waals surface area contributed by atoms with Gasteiger partial charge in [-0.15, -0.1) is 0 Å². The van der Waals surface area contributed by atoms with Gasteiger partial charge in [0.25, 0.3) is 11.5 Å². The molecule has 7 nitrogen and oxygen atoms in total. The summed E-state index contributed by atoms with van der Waals surface area (Å²) < 4.78 is 81.0. The van der Waals surface area contributed by atoms with E-state index in [9.17, 15) is 35.9 Å². The Hall–Kier alpha value is -4.16. The highest BCUT2D eigenvalue weighted by molar-refractivity contribution is 5.94. The number of halogens is 6. The van der Waals surface area contributed by atoms with Gasteiger partial charge in [0.1, 0.15) is 11.7 Å². The van der Waals surface area contributed by atoms with Crippen molar-refractivity contribution in [2.45, 2.75) is 32.4 Å². The largest absolute Gasteiger partial charge is 0.416 e. The van der Waals surface area contributed by atoms with Gasteiger partial charge in [-0.05, 0) is 30.7 Å². The lowest BCUT2D eigenvalue weighted by molar-refractivity contribution is -0.143. The number of carbonyl (C=O) groups excluding carboxylic acids is 1. The third kappa shape index (κ3) is 5.81. The van der Waals surface area contributed by atoms with Crippen LogP contribution in [0.15, 0.2) is 59.8 Å². The highest BCUT2D eigenvalue weighted by Crippen LogP contribution is 2.36. The highest BCUT2D eigenvalue weighted by Gasteiger charge is 2.37. The van der Waals surface area contributed by atoms with Gasteiger partial charge in [-0.3, -0.25) is 14.2 Å². The van der Waals surface area contributed by atoms with Gasteiger partial charge in [-0.2, -0.15) is 31.4 Å². The molecule has 1 N–H and O–H groups in total. The zero-order valence-corrected chi connectivity index (χ0v) is 19.2. The number of nitrogens with one attached hydrogen (secondary N) is 1. The Balaban J connectivity index is 1.48. The average Bonchev–Trinajstić information content (AvgIpc) is 3.24. The maximum absolute atomic E-state index is 13.0. The van der Waals surface area contributed by atoms with Gasteiger partial charge in [0.15, 0.2) is 5.65 Å². The molecule has 2 aromatic carbocycles. The molecule has 0 bridgehead atoms. The van der Waals surface area contributed by atoms with E-state index in [1.54, 1.807) is 0 Å². The van der Waals surface area contributed by atoms with Gasteiger partial charge in [-0.1, -0.05) is 29.8 Å². The van der Waals surface area contributed by atoms with Crippen LogP contribution in [0.5, 0.6) is 0 Å². The first-order chi connectivity index (χ1) is 17.3. The maximum atomic E-state index is 13.0. The van der Waals surface area contributed by atoms with E-state index >= 15 is 0 Å². The van der Waals surface area contributed by atoms with Crippen molar-refractivity contribution < 1.29 is 31.1 Å². The number of nitrogens with zero attached hydrogens (tertiary/aromatic N) is 4. The van der Waals surface area contributed by atoms with Crippen LogP contribution in [-0.2, 0) is 25.4 Å². The molecule has 0 saturated heterocycles. The minimum absolute atomic E-state index is 0.0330. The fourth-order valence-electron chi connectivity index (χ4n) is 3.63. The molecule has 2 heterocycles. The van der Waals surface area contributed by atoms with Crippen molar-refractivity contribution in [2.24, 2.45) is 0 Å². The normalized spacial score (nSPS) is 12.2. The molecule has 0 aliphatic heterocycles. The van der Waals surface area contributed by atoms with Crippen LogP contribution in [0.4, 0.5) is 26.3 Å². The van der Waals surface area contributed by atoms with Crippen LogP contribution < -0.4 is 10.9 Å². The number of alkyl halides is 6. The van der Waals surface area contributed by atoms with Crippen molar-refractivity contribution in [1.82, 2.24) is 24.6 Å². The summed E-state index contributed by atoms with van der Waals surface area (Å²) in [6.07, 6.45) is -7.48. The van der Waals surface area contributed by atoms with Crippen molar-refractivity contribution in [3.63, 3.8) is 0 Å². The summed E-state index contributed by atoms with van der Waals surface area (Å²) in [6, 6.07) is 8.27. The van der Waals surface area contributed by atoms with Gasteiger partial charge in [0.2, 0.25) is 0 Å². The SMILES string of the molecule is Cc1ccc(Cn2cnc3c(cnn3CCNC(=O)c3cc(C(F)(F)F)cc(C(F)(F)F)c3)c2=O)cc1. The molecule has 194 valence electrons. The lowest BCUT2D eigenvalue weighted by atomic mass is 10.0. The predicted molar refractivity (Wildman–Crippen MR) is 121 cm³/mol. The van der Waals surface area contributed by atoms with E-state index in [1.807, 2.05) is 31.2 Å². The third-order valence-electron chi connectivity index (χ3n) is 5.55. The van der Waals surface area contributed by atoms with E-state index in [-0.39, 0.29) is 35.7 Å². The highest BCUT2D eigenvalue weighted by atomic mass is 19.4. The number of rotatable bonds is 6. The molecule has 0 fully saturated rings. The fraction of sp³-hybridized carbons (Fsp3) is 0.250. The van der Waals surface area contributed by atoms with Gasteiger partial charge in [-0.25, -0.2) is 9.67 Å². The lowest BCUT2D eigenvalue weighted by Crippen LogP contribution is -2.28. The van der Waals surface area contributed by atoms with E-state index in [2.05, 4.69) is 15.4 Å². The summed E-state index contributed by atoms with van der Waals surface area (Å²) in [7, 11) is 0. The minimum atomic E-state index is -5.07. The first-order valence-electron chi connectivity index (χ1n) is 10.9. The number of aromatic nitrogens is 4. The van der Waals surface area contributed by atoms with Crippen LogP contribution in [-0.4, -0.2) is 31.8 Å². The number of benzene rings is 2. The average molecular weight is 523 g/mol. The Kier molecular flexibility index (Phi) is 6.80. The fourth-order valence-corrected chi connectivity index (χ4v) is 3.63.